The van der Waals surface area contributed by atoms with Gasteiger partial charge in [0.2, 0.25) is 11.8 Å². The van der Waals surface area contributed by atoms with E-state index in [0.717, 1.165) is 0 Å². The zero-order valence-corrected chi connectivity index (χ0v) is 11.7. The smallest absolute Gasteiger partial charge is 0.237 e. The Kier molecular flexibility index (Phi) is 5.27. The molecule has 0 saturated heterocycles. The minimum atomic E-state index is -0.138. The predicted octanol–water partition coefficient (Wildman–Crippen LogP) is 0.802. The first-order valence-corrected chi connectivity index (χ1v) is 6.18. The highest BCUT2D eigenvalue weighted by molar-refractivity contribution is 5.81. The topological polar surface area (TPSA) is 71.3 Å². The average molecular weight is 254 g/mol. The summed E-state index contributed by atoms with van der Waals surface area (Å²) >= 11 is 0. The lowest BCUT2D eigenvalue weighted by atomic mass is 10.2. The number of aromatic nitrogens is 2. The van der Waals surface area contributed by atoms with Crippen LogP contribution in [-0.4, -0.2) is 47.6 Å². The Morgan fingerprint density at radius 1 is 1.39 bits per heavy atom. The van der Waals surface area contributed by atoms with Gasteiger partial charge in [-0.3, -0.25) is 9.69 Å². The van der Waals surface area contributed by atoms with Crippen LogP contribution in [0.3, 0.4) is 0 Å². The molecular weight excluding hydrogens is 232 g/mol. The highest BCUT2D eigenvalue weighted by Crippen LogP contribution is 2.10. The van der Waals surface area contributed by atoms with Gasteiger partial charge in [0.15, 0.2) is 5.82 Å². The Hall–Kier alpha value is -1.43. The largest absolute Gasteiger partial charge is 0.354 e. The van der Waals surface area contributed by atoms with Gasteiger partial charge >= 0.3 is 0 Å². The molecule has 0 spiro atoms. The number of nitrogens with one attached hydrogen (secondary N) is 1. The van der Waals surface area contributed by atoms with Gasteiger partial charge in [-0.25, -0.2) is 0 Å². The van der Waals surface area contributed by atoms with Gasteiger partial charge in [0, 0.05) is 18.9 Å². The molecule has 6 heteroatoms. The number of hydrogen-bond acceptors (Lipinski definition) is 5. The second-order valence-electron chi connectivity index (χ2n) is 4.88. The molecule has 1 aromatic rings. The van der Waals surface area contributed by atoms with E-state index < -0.39 is 0 Å². The molecule has 0 aromatic carbocycles. The summed E-state index contributed by atoms with van der Waals surface area (Å²) in [7, 11) is 3.75. The number of carbonyl (C=O) groups is 1. The standard InChI is InChI=1S/C12H22N4O2/c1-8(2)12-14-10(15-18-12)6-7-13-11(17)9(3)16(4)5/h8-9H,6-7H2,1-5H3,(H,13,17)/t9-/m1/s1. The normalized spacial score (nSPS) is 13.1. The number of likely N-dealkylation sites (N-methyl/N-ethyl adjacent to an activating group) is 1. The van der Waals surface area contributed by atoms with Crippen LogP contribution in [0.5, 0.6) is 0 Å². The lowest BCUT2D eigenvalue weighted by molar-refractivity contribution is -0.124. The van der Waals surface area contributed by atoms with Crippen molar-refractivity contribution in [2.75, 3.05) is 20.6 Å². The summed E-state index contributed by atoms with van der Waals surface area (Å²) in [4.78, 5) is 17.8. The average Bonchev–Trinajstić information content (AvgIpc) is 2.76. The van der Waals surface area contributed by atoms with E-state index in [1.807, 2.05) is 39.8 Å². The molecule has 0 fully saturated rings. The van der Waals surface area contributed by atoms with Crippen LogP contribution in [0.25, 0.3) is 0 Å². The Labute approximate surface area is 108 Å². The molecule has 0 aliphatic heterocycles. The van der Waals surface area contributed by atoms with Crippen LogP contribution in [0, 0.1) is 0 Å². The maximum atomic E-state index is 11.7. The first-order valence-electron chi connectivity index (χ1n) is 6.18. The molecule has 6 nitrogen and oxygen atoms in total. The molecule has 18 heavy (non-hydrogen) atoms. The van der Waals surface area contributed by atoms with E-state index in [-0.39, 0.29) is 17.9 Å². The summed E-state index contributed by atoms with van der Waals surface area (Å²) in [6.45, 7) is 6.38. The zero-order valence-electron chi connectivity index (χ0n) is 11.7. The van der Waals surface area contributed by atoms with Gasteiger partial charge in [-0.2, -0.15) is 4.98 Å². The van der Waals surface area contributed by atoms with Crippen molar-refractivity contribution in [1.82, 2.24) is 20.4 Å². The van der Waals surface area contributed by atoms with Crippen molar-refractivity contribution in [3.8, 4) is 0 Å². The number of rotatable bonds is 6. The first-order chi connectivity index (χ1) is 8.41. The van der Waals surface area contributed by atoms with E-state index in [1.54, 1.807) is 0 Å². The number of amides is 1. The molecule has 1 atom stereocenters. The summed E-state index contributed by atoms with van der Waals surface area (Å²) in [6, 6.07) is -0.138. The summed E-state index contributed by atoms with van der Waals surface area (Å²) in [5, 5.41) is 6.71. The number of nitrogens with zero attached hydrogens (tertiary/aromatic N) is 3. The summed E-state index contributed by atoms with van der Waals surface area (Å²) in [5.74, 6) is 1.51. The van der Waals surface area contributed by atoms with Crippen molar-refractivity contribution in [3.63, 3.8) is 0 Å². The molecule has 1 rings (SSSR count). The summed E-state index contributed by atoms with van der Waals surface area (Å²) in [5.41, 5.74) is 0. The molecule has 0 saturated carbocycles. The van der Waals surface area contributed by atoms with Crippen LogP contribution in [-0.2, 0) is 11.2 Å². The molecule has 1 aromatic heterocycles. The summed E-state index contributed by atoms with van der Waals surface area (Å²) in [6.07, 6.45) is 0.585. The predicted molar refractivity (Wildman–Crippen MR) is 68.2 cm³/mol. The van der Waals surface area contributed by atoms with Crippen molar-refractivity contribution in [2.24, 2.45) is 0 Å². The van der Waals surface area contributed by atoms with Gasteiger partial charge in [0.25, 0.3) is 0 Å². The molecule has 102 valence electrons. The van der Waals surface area contributed by atoms with E-state index in [0.29, 0.717) is 24.7 Å². The third-order valence-corrected chi connectivity index (χ3v) is 2.78. The molecule has 0 unspecified atom stereocenters. The fourth-order valence-corrected chi connectivity index (χ4v) is 1.28. The number of hydrogen-bond donors (Lipinski definition) is 1. The van der Waals surface area contributed by atoms with Gasteiger partial charge in [0.1, 0.15) is 0 Å². The second kappa shape index (κ2) is 6.49. The lowest BCUT2D eigenvalue weighted by Crippen LogP contribution is -2.42. The van der Waals surface area contributed by atoms with Crippen molar-refractivity contribution in [2.45, 2.75) is 39.2 Å². The van der Waals surface area contributed by atoms with Gasteiger partial charge in [0.05, 0.1) is 6.04 Å². The second-order valence-corrected chi connectivity index (χ2v) is 4.88. The Balaban J connectivity index is 2.35. The van der Waals surface area contributed by atoms with Crippen LogP contribution in [0.2, 0.25) is 0 Å². The summed E-state index contributed by atoms with van der Waals surface area (Å²) < 4.78 is 5.09. The van der Waals surface area contributed by atoms with E-state index in [9.17, 15) is 4.79 Å². The molecular formula is C12H22N4O2. The maximum Gasteiger partial charge on any atom is 0.237 e. The fraction of sp³-hybridized carbons (Fsp3) is 0.750. The van der Waals surface area contributed by atoms with Crippen LogP contribution >= 0.6 is 0 Å². The lowest BCUT2D eigenvalue weighted by Gasteiger charge is -2.18. The third kappa shape index (κ3) is 4.10. The van der Waals surface area contributed by atoms with Crippen LogP contribution in [0.15, 0.2) is 4.52 Å². The highest BCUT2D eigenvalue weighted by atomic mass is 16.5. The minimum Gasteiger partial charge on any atom is -0.354 e. The van der Waals surface area contributed by atoms with Crippen LogP contribution < -0.4 is 5.32 Å². The highest BCUT2D eigenvalue weighted by Gasteiger charge is 2.14. The Morgan fingerprint density at radius 2 is 2.06 bits per heavy atom. The van der Waals surface area contributed by atoms with Crippen molar-refractivity contribution >= 4 is 5.91 Å². The molecule has 0 radical (unpaired) electrons. The Morgan fingerprint density at radius 3 is 2.56 bits per heavy atom. The van der Waals surface area contributed by atoms with E-state index in [1.165, 1.54) is 0 Å². The number of carbonyl (C=O) groups excluding carboxylic acids is 1. The minimum absolute atomic E-state index is 0.00702. The zero-order chi connectivity index (χ0) is 13.7. The van der Waals surface area contributed by atoms with Gasteiger partial charge in [-0.1, -0.05) is 19.0 Å². The molecule has 0 aliphatic carbocycles. The van der Waals surface area contributed by atoms with E-state index in [4.69, 9.17) is 4.52 Å². The van der Waals surface area contributed by atoms with E-state index >= 15 is 0 Å². The molecule has 1 heterocycles. The van der Waals surface area contributed by atoms with Gasteiger partial charge < -0.3 is 9.84 Å². The van der Waals surface area contributed by atoms with Crippen molar-refractivity contribution in [3.05, 3.63) is 11.7 Å². The quantitative estimate of drug-likeness (QED) is 0.813. The van der Waals surface area contributed by atoms with Crippen molar-refractivity contribution in [1.29, 1.82) is 0 Å². The molecule has 1 N–H and O–H groups in total. The van der Waals surface area contributed by atoms with Gasteiger partial charge in [-0.15, -0.1) is 0 Å². The monoisotopic (exact) mass is 254 g/mol. The molecule has 1 amide bonds. The SMILES string of the molecule is CC(C)c1nc(CCNC(=O)[C@@H](C)N(C)C)no1. The molecule has 0 bridgehead atoms. The van der Waals surface area contributed by atoms with Crippen LogP contribution in [0.1, 0.15) is 38.4 Å². The van der Waals surface area contributed by atoms with Crippen molar-refractivity contribution < 1.29 is 9.32 Å². The Bertz CT molecular complexity index is 387. The maximum absolute atomic E-state index is 11.7. The van der Waals surface area contributed by atoms with Crippen LogP contribution in [0.4, 0.5) is 0 Å². The van der Waals surface area contributed by atoms with E-state index in [2.05, 4.69) is 15.5 Å². The van der Waals surface area contributed by atoms with Gasteiger partial charge in [-0.05, 0) is 21.0 Å². The third-order valence-electron chi connectivity index (χ3n) is 2.78. The first kappa shape index (κ1) is 14.6. The molecule has 0 aliphatic rings. The fourth-order valence-electron chi connectivity index (χ4n) is 1.28.